The summed E-state index contributed by atoms with van der Waals surface area (Å²) < 4.78 is 31.4. The molecule has 10 heteroatoms. The Bertz CT molecular complexity index is 913. The standard InChI is InChI=1S/C17H19ClN2O5S2/c1-11-5-6-13(18)10-14(11)20-17(22)12(2)25-15(21)7-8-19-27(23,24)16-4-3-9-26-16/h3-6,9-10,12,19H,7-8H2,1-2H3,(H,20,22). The van der Waals surface area contributed by atoms with E-state index in [1.54, 1.807) is 29.6 Å². The summed E-state index contributed by atoms with van der Waals surface area (Å²) in [5.74, 6) is -1.19. The van der Waals surface area contributed by atoms with Crippen LogP contribution in [0.4, 0.5) is 5.69 Å². The number of esters is 1. The van der Waals surface area contributed by atoms with Crippen molar-refractivity contribution in [1.82, 2.24) is 4.72 Å². The molecule has 1 aromatic carbocycles. The Morgan fingerprint density at radius 1 is 1.30 bits per heavy atom. The second-order valence-corrected chi connectivity index (χ2v) is 9.04. The van der Waals surface area contributed by atoms with Crippen LogP contribution in [0, 0.1) is 6.92 Å². The molecule has 2 rings (SSSR count). The Balaban J connectivity index is 1.81. The molecule has 1 heterocycles. The number of ether oxygens (including phenoxy) is 1. The Labute approximate surface area is 166 Å². The monoisotopic (exact) mass is 430 g/mol. The largest absolute Gasteiger partial charge is 0.452 e. The van der Waals surface area contributed by atoms with Crippen LogP contribution < -0.4 is 10.0 Å². The molecule has 146 valence electrons. The van der Waals surface area contributed by atoms with Crippen molar-refractivity contribution < 1.29 is 22.7 Å². The predicted molar refractivity (Wildman–Crippen MR) is 104 cm³/mol. The predicted octanol–water partition coefficient (Wildman–Crippen LogP) is 2.95. The maximum absolute atomic E-state index is 12.2. The van der Waals surface area contributed by atoms with E-state index in [0.717, 1.165) is 16.9 Å². The molecular weight excluding hydrogens is 412 g/mol. The summed E-state index contributed by atoms with van der Waals surface area (Å²) in [6.45, 7) is 3.12. The molecule has 0 radical (unpaired) electrons. The number of carbonyl (C=O) groups excluding carboxylic acids is 2. The highest BCUT2D eigenvalue weighted by atomic mass is 35.5. The van der Waals surface area contributed by atoms with Gasteiger partial charge in [0.05, 0.1) is 6.42 Å². The minimum Gasteiger partial charge on any atom is -0.452 e. The van der Waals surface area contributed by atoms with Gasteiger partial charge in [0, 0.05) is 17.3 Å². The van der Waals surface area contributed by atoms with E-state index in [-0.39, 0.29) is 17.2 Å². The molecule has 0 saturated heterocycles. The first-order chi connectivity index (χ1) is 12.7. The minimum atomic E-state index is -3.64. The summed E-state index contributed by atoms with van der Waals surface area (Å²) in [6.07, 6.45) is -1.23. The number of nitrogens with one attached hydrogen (secondary N) is 2. The van der Waals surface area contributed by atoms with Gasteiger partial charge in [-0.15, -0.1) is 11.3 Å². The van der Waals surface area contributed by atoms with Gasteiger partial charge in [-0.1, -0.05) is 23.7 Å². The maximum Gasteiger partial charge on any atom is 0.307 e. The molecule has 0 fully saturated rings. The number of hydrogen-bond acceptors (Lipinski definition) is 6. The zero-order valence-electron chi connectivity index (χ0n) is 14.7. The summed E-state index contributed by atoms with van der Waals surface area (Å²) in [4.78, 5) is 24.0. The van der Waals surface area contributed by atoms with Crippen molar-refractivity contribution >= 4 is 50.5 Å². The van der Waals surface area contributed by atoms with Gasteiger partial charge in [0.15, 0.2) is 6.10 Å². The molecule has 7 nitrogen and oxygen atoms in total. The molecule has 0 aliphatic rings. The molecule has 1 aromatic heterocycles. The number of aryl methyl sites for hydroxylation is 1. The van der Waals surface area contributed by atoms with Gasteiger partial charge < -0.3 is 10.1 Å². The number of carbonyl (C=O) groups is 2. The fraction of sp³-hybridized carbons (Fsp3) is 0.294. The summed E-state index contributed by atoms with van der Waals surface area (Å²) >= 11 is 6.98. The fourth-order valence-corrected chi connectivity index (χ4v) is 4.29. The molecule has 27 heavy (non-hydrogen) atoms. The third-order valence-corrected chi connectivity index (χ3v) is 6.61. The van der Waals surface area contributed by atoms with Crippen molar-refractivity contribution in [2.24, 2.45) is 0 Å². The third kappa shape index (κ3) is 6.31. The second-order valence-electron chi connectivity index (χ2n) is 5.66. The molecule has 0 aliphatic carbocycles. The van der Waals surface area contributed by atoms with Crippen molar-refractivity contribution in [3.05, 3.63) is 46.3 Å². The number of hydrogen-bond donors (Lipinski definition) is 2. The fourth-order valence-electron chi connectivity index (χ4n) is 2.05. The lowest BCUT2D eigenvalue weighted by atomic mass is 10.2. The Hall–Kier alpha value is -1.94. The lowest BCUT2D eigenvalue weighted by Crippen LogP contribution is -2.32. The van der Waals surface area contributed by atoms with Gasteiger partial charge in [-0.25, -0.2) is 13.1 Å². The van der Waals surface area contributed by atoms with Crippen LogP contribution in [0.1, 0.15) is 18.9 Å². The van der Waals surface area contributed by atoms with Crippen molar-refractivity contribution in [1.29, 1.82) is 0 Å². The van der Waals surface area contributed by atoms with Crippen LogP contribution in [0.25, 0.3) is 0 Å². The Morgan fingerprint density at radius 3 is 2.70 bits per heavy atom. The Morgan fingerprint density at radius 2 is 2.04 bits per heavy atom. The van der Waals surface area contributed by atoms with Crippen molar-refractivity contribution in [2.45, 2.75) is 30.6 Å². The van der Waals surface area contributed by atoms with Crippen LogP contribution in [0.15, 0.2) is 39.9 Å². The number of halogens is 1. The highest BCUT2D eigenvalue weighted by Gasteiger charge is 2.20. The van der Waals surface area contributed by atoms with Gasteiger partial charge in [0.1, 0.15) is 4.21 Å². The second kappa shape index (κ2) is 9.32. The smallest absolute Gasteiger partial charge is 0.307 e. The summed E-state index contributed by atoms with van der Waals surface area (Å²) in [5.41, 5.74) is 1.34. The highest BCUT2D eigenvalue weighted by Crippen LogP contribution is 2.20. The van der Waals surface area contributed by atoms with Gasteiger partial charge in [-0.3, -0.25) is 9.59 Å². The van der Waals surface area contributed by atoms with Crippen molar-refractivity contribution in [3.8, 4) is 0 Å². The number of anilines is 1. The van der Waals surface area contributed by atoms with Gasteiger partial charge in [0.25, 0.3) is 5.91 Å². The first-order valence-electron chi connectivity index (χ1n) is 7.98. The molecule has 0 aliphatic heterocycles. The van der Waals surface area contributed by atoms with Crippen molar-refractivity contribution in [2.75, 3.05) is 11.9 Å². The lowest BCUT2D eigenvalue weighted by Gasteiger charge is -2.15. The van der Waals surface area contributed by atoms with E-state index in [4.69, 9.17) is 16.3 Å². The van der Waals surface area contributed by atoms with E-state index in [9.17, 15) is 18.0 Å². The summed E-state index contributed by atoms with van der Waals surface area (Å²) in [6, 6.07) is 8.15. The molecule has 1 atom stereocenters. The minimum absolute atomic E-state index is 0.124. The summed E-state index contributed by atoms with van der Waals surface area (Å²) in [5, 5.41) is 4.76. The quantitative estimate of drug-likeness (QED) is 0.627. The summed E-state index contributed by atoms with van der Waals surface area (Å²) in [7, 11) is -3.64. The average molecular weight is 431 g/mol. The van der Waals surface area contributed by atoms with Crippen LogP contribution >= 0.6 is 22.9 Å². The number of sulfonamides is 1. The lowest BCUT2D eigenvalue weighted by molar-refractivity contribution is -0.152. The van der Waals surface area contributed by atoms with E-state index in [1.807, 2.05) is 6.92 Å². The van der Waals surface area contributed by atoms with E-state index < -0.39 is 28.0 Å². The first-order valence-corrected chi connectivity index (χ1v) is 10.7. The molecule has 2 aromatic rings. The van der Waals surface area contributed by atoms with Crippen LogP contribution in [-0.4, -0.2) is 32.9 Å². The first kappa shape index (κ1) is 21.4. The van der Waals surface area contributed by atoms with Gasteiger partial charge >= 0.3 is 5.97 Å². The van der Waals surface area contributed by atoms with Gasteiger partial charge in [-0.2, -0.15) is 0 Å². The Kier molecular flexibility index (Phi) is 7.37. The van der Waals surface area contributed by atoms with E-state index in [1.165, 1.54) is 13.0 Å². The highest BCUT2D eigenvalue weighted by molar-refractivity contribution is 7.91. The normalized spacial score (nSPS) is 12.4. The number of thiophene rings is 1. The van der Waals surface area contributed by atoms with Crippen LogP contribution in [0.2, 0.25) is 5.02 Å². The average Bonchev–Trinajstić information content (AvgIpc) is 3.13. The van der Waals surface area contributed by atoms with E-state index >= 15 is 0 Å². The van der Waals surface area contributed by atoms with Crippen LogP contribution in [-0.2, 0) is 24.3 Å². The number of amides is 1. The van der Waals surface area contributed by atoms with E-state index in [0.29, 0.717) is 10.7 Å². The SMILES string of the molecule is Cc1ccc(Cl)cc1NC(=O)C(C)OC(=O)CCNS(=O)(=O)c1cccs1. The third-order valence-electron chi connectivity index (χ3n) is 3.52. The topological polar surface area (TPSA) is 102 Å². The maximum atomic E-state index is 12.2. The van der Waals surface area contributed by atoms with E-state index in [2.05, 4.69) is 10.0 Å². The molecule has 0 bridgehead atoms. The molecule has 0 spiro atoms. The molecule has 0 saturated carbocycles. The zero-order chi connectivity index (χ0) is 20.0. The molecule has 1 unspecified atom stereocenters. The molecule has 2 N–H and O–H groups in total. The molecular formula is C17H19ClN2O5S2. The number of rotatable bonds is 8. The van der Waals surface area contributed by atoms with Crippen LogP contribution in [0.5, 0.6) is 0 Å². The van der Waals surface area contributed by atoms with Gasteiger partial charge in [-0.05, 0) is 43.0 Å². The number of benzene rings is 1. The zero-order valence-corrected chi connectivity index (χ0v) is 17.1. The van der Waals surface area contributed by atoms with Gasteiger partial charge in [0.2, 0.25) is 10.0 Å². The van der Waals surface area contributed by atoms with Crippen molar-refractivity contribution in [3.63, 3.8) is 0 Å². The molecule has 1 amide bonds. The van der Waals surface area contributed by atoms with Crippen LogP contribution in [0.3, 0.4) is 0 Å².